The Bertz CT molecular complexity index is 520. The first-order valence-corrected chi connectivity index (χ1v) is 7.05. The topological polar surface area (TPSA) is 73.6 Å². The van der Waals surface area contributed by atoms with Crippen LogP contribution in [0.15, 0.2) is 12.1 Å². The molecule has 1 fully saturated rings. The smallest absolute Gasteiger partial charge is 0.293 e. The molecule has 110 valence electrons. The Morgan fingerprint density at radius 2 is 2.40 bits per heavy atom. The summed E-state index contributed by atoms with van der Waals surface area (Å²) in [5.74, 6) is -0.493. The summed E-state index contributed by atoms with van der Waals surface area (Å²) < 4.78 is 24.5. The second-order valence-corrected chi connectivity index (χ2v) is 5.75. The van der Waals surface area contributed by atoms with E-state index < -0.39 is 16.3 Å². The number of halogens is 2. The zero-order chi connectivity index (χ0) is 14.8. The van der Waals surface area contributed by atoms with Gasteiger partial charge in [-0.15, -0.1) is 0 Å². The lowest BCUT2D eigenvalue weighted by molar-refractivity contribution is -0.384. The van der Waals surface area contributed by atoms with E-state index in [-0.39, 0.29) is 14.9 Å². The molecule has 6 nitrogen and oxygen atoms in total. The predicted octanol–water partition coefficient (Wildman–Crippen LogP) is 2.56. The molecule has 1 atom stereocenters. The Morgan fingerprint density at radius 3 is 2.95 bits per heavy atom. The van der Waals surface area contributed by atoms with Crippen molar-refractivity contribution in [3.63, 3.8) is 0 Å². The van der Waals surface area contributed by atoms with E-state index in [1.165, 1.54) is 6.07 Å². The van der Waals surface area contributed by atoms with Gasteiger partial charge in [-0.05, 0) is 22.6 Å². The quantitative estimate of drug-likeness (QED) is 0.471. The summed E-state index contributed by atoms with van der Waals surface area (Å²) in [5.41, 5.74) is -0.523. The molecule has 1 aliphatic heterocycles. The van der Waals surface area contributed by atoms with Crippen molar-refractivity contribution in [2.24, 2.45) is 0 Å². The zero-order valence-electron chi connectivity index (χ0n) is 10.8. The lowest BCUT2D eigenvalue weighted by Crippen LogP contribution is -2.39. The lowest BCUT2D eigenvalue weighted by Gasteiger charge is -2.26. The van der Waals surface area contributed by atoms with Crippen LogP contribution in [0.25, 0.3) is 0 Å². The molecule has 0 bridgehead atoms. The molecule has 1 unspecified atom stereocenters. The van der Waals surface area contributed by atoms with Gasteiger partial charge in [0.1, 0.15) is 17.1 Å². The van der Waals surface area contributed by atoms with E-state index in [9.17, 15) is 14.5 Å². The Morgan fingerprint density at radius 1 is 1.65 bits per heavy atom. The number of benzene rings is 1. The second-order valence-electron chi connectivity index (χ2n) is 4.58. The number of nitrogens with one attached hydrogen (secondary N) is 1. The first kappa shape index (κ1) is 15.4. The normalized spacial score (nSPS) is 21.9. The SMILES string of the molecule is COC1(CNc2cc(F)c(I)cc2[N+](=O)[O-])CCOC1. The highest BCUT2D eigenvalue weighted by Gasteiger charge is 2.35. The van der Waals surface area contributed by atoms with Crippen LogP contribution in [0, 0.1) is 19.5 Å². The van der Waals surface area contributed by atoms with Crippen LogP contribution in [-0.2, 0) is 9.47 Å². The molecular weight excluding hydrogens is 382 g/mol. The molecule has 0 radical (unpaired) electrons. The molecule has 0 spiro atoms. The average Bonchev–Trinajstić information content (AvgIpc) is 2.89. The van der Waals surface area contributed by atoms with Crippen molar-refractivity contribution < 1.29 is 18.8 Å². The highest BCUT2D eigenvalue weighted by atomic mass is 127. The molecule has 0 aromatic heterocycles. The molecule has 1 aromatic carbocycles. The van der Waals surface area contributed by atoms with E-state index in [0.29, 0.717) is 26.2 Å². The zero-order valence-corrected chi connectivity index (χ0v) is 13.0. The molecule has 8 heteroatoms. The van der Waals surface area contributed by atoms with Gasteiger partial charge in [-0.25, -0.2) is 4.39 Å². The Balaban J connectivity index is 2.20. The maximum absolute atomic E-state index is 13.6. The van der Waals surface area contributed by atoms with E-state index >= 15 is 0 Å². The van der Waals surface area contributed by atoms with Crippen LogP contribution in [0.1, 0.15) is 6.42 Å². The minimum Gasteiger partial charge on any atom is -0.378 e. The van der Waals surface area contributed by atoms with Crippen LogP contribution in [0.3, 0.4) is 0 Å². The standard InChI is InChI=1S/C12H14FIN2O4/c1-19-12(2-3-20-7-12)6-15-10-4-8(13)9(14)5-11(10)16(17)18/h4-5,15H,2-3,6-7H2,1H3. The molecule has 0 saturated carbocycles. The second kappa shape index (κ2) is 6.19. The van der Waals surface area contributed by atoms with E-state index in [1.54, 1.807) is 29.7 Å². The first-order valence-electron chi connectivity index (χ1n) is 5.98. The van der Waals surface area contributed by atoms with Gasteiger partial charge in [0.15, 0.2) is 0 Å². The van der Waals surface area contributed by atoms with Crippen molar-refractivity contribution in [2.75, 3.05) is 32.2 Å². The molecule has 1 heterocycles. The molecule has 2 rings (SSSR count). The minimum atomic E-state index is -0.533. The first-order chi connectivity index (χ1) is 9.47. The Hall–Kier alpha value is -1.00. The highest BCUT2D eigenvalue weighted by Crippen LogP contribution is 2.30. The van der Waals surface area contributed by atoms with E-state index in [2.05, 4.69) is 5.32 Å². The monoisotopic (exact) mass is 396 g/mol. The van der Waals surface area contributed by atoms with Crippen molar-refractivity contribution >= 4 is 34.0 Å². The summed E-state index contributed by atoms with van der Waals surface area (Å²) in [7, 11) is 1.57. The van der Waals surface area contributed by atoms with Gasteiger partial charge in [-0.1, -0.05) is 0 Å². The Kier molecular flexibility index (Phi) is 4.76. The minimum absolute atomic E-state index is 0.149. The molecular formula is C12H14FIN2O4. The third-order valence-electron chi connectivity index (χ3n) is 3.34. The van der Waals surface area contributed by atoms with Crippen molar-refractivity contribution in [3.8, 4) is 0 Å². The maximum atomic E-state index is 13.6. The number of ether oxygens (including phenoxy) is 2. The Labute approximate surface area is 128 Å². The van der Waals surface area contributed by atoms with Crippen LogP contribution in [0.5, 0.6) is 0 Å². The van der Waals surface area contributed by atoms with Crippen LogP contribution >= 0.6 is 22.6 Å². The number of methoxy groups -OCH3 is 1. The third-order valence-corrected chi connectivity index (χ3v) is 4.16. The molecule has 1 N–H and O–H groups in total. The van der Waals surface area contributed by atoms with Crippen molar-refractivity contribution in [3.05, 3.63) is 31.6 Å². The van der Waals surface area contributed by atoms with Crippen molar-refractivity contribution in [2.45, 2.75) is 12.0 Å². The molecule has 1 saturated heterocycles. The van der Waals surface area contributed by atoms with Gasteiger partial charge in [0, 0.05) is 38.8 Å². The number of nitrogens with zero attached hydrogens (tertiary/aromatic N) is 1. The fourth-order valence-electron chi connectivity index (χ4n) is 2.05. The fourth-order valence-corrected chi connectivity index (χ4v) is 2.50. The number of anilines is 1. The fraction of sp³-hybridized carbons (Fsp3) is 0.500. The van der Waals surface area contributed by atoms with Gasteiger partial charge in [0.05, 0.1) is 15.1 Å². The number of hydrogen-bond donors (Lipinski definition) is 1. The highest BCUT2D eigenvalue weighted by molar-refractivity contribution is 14.1. The van der Waals surface area contributed by atoms with Gasteiger partial charge in [-0.3, -0.25) is 10.1 Å². The van der Waals surface area contributed by atoms with Gasteiger partial charge in [0.25, 0.3) is 5.69 Å². The summed E-state index contributed by atoms with van der Waals surface area (Å²) in [6.45, 7) is 1.32. The van der Waals surface area contributed by atoms with Gasteiger partial charge in [0.2, 0.25) is 0 Å². The van der Waals surface area contributed by atoms with E-state index in [1.807, 2.05) is 0 Å². The van der Waals surface area contributed by atoms with Gasteiger partial charge >= 0.3 is 0 Å². The van der Waals surface area contributed by atoms with Crippen LogP contribution in [-0.4, -0.2) is 37.4 Å². The lowest BCUT2D eigenvalue weighted by atomic mass is 10.0. The number of hydrogen-bond acceptors (Lipinski definition) is 5. The van der Waals surface area contributed by atoms with E-state index in [4.69, 9.17) is 9.47 Å². The number of nitro groups is 1. The van der Waals surface area contributed by atoms with Crippen LogP contribution in [0.2, 0.25) is 0 Å². The van der Waals surface area contributed by atoms with Crippen molar-refractivity contribution in [1.82, 2.24) is 0 Å². The summed E-state index contributed by atoms with van der Waals surface area (Å²) in [5, 5.41) is 13.9. The molecule has 1 aromatic rings. The predicted molar refractivity (Wildman–Crippen MR) is 79.4 cm³/mol. The molecule has 0 aliphatic carbocycles. The number of rotatable bonds is 5. The molecule has 20 heavy (non-hydrogen) atoms. The van der Waals surface area contributed by atoms with Gasteiger partial charge < -0.3 is 14.8 Å². The van der Waals surface area contributed by atoms with Crippen LogP contribution < -0.4 is 5.32 Å². The van der Waals surface area contributed by atoms with Crippen molar-refractivity contribution in [1.29, 1.82) is 0 Å². The van der Waals surface area contributed by atoms with E-state index in [0.717, 1.165) is 6.07 Å². The largest absolute Gasteiger partial charge is 0.378 e. The molecule has 0 amide bonds. The van der Waals surface area contributed by atoms with Crippen LogP contribution in [0.4, 0.5) is 15.8 Å². The third kappa shape index (κ3) is 3.18. The summed E-state index contributed by atoms with van der Waals surface area (Å²) in [6.07, 6.45) is 0.692. The maximum Gasteiger partial charge on any atom is 0.293 e. The van der Waals surface area contributed by atoms with Gasteiger partial charge in [-0.2, -0.15) is 0 Å². The summed E-state index contributed by atoms with van der Waals surface area (Å²) >= 11 is 1.72. The number of nitro benzene ring substituents is 1. The molecule has 1 aliphatic rings. The summed E-state index contributed by atoms with van der Waals surface area (Å²) in [6, 6.07) is 2.35. The average molecular weight is 396 g/mol. The summed E-state index contributed by atoms with van der Waals surface area (Å²) in [4.78, 5) is 10.5.